The number of pyridine rings is 1. The Kier molecular flexibility index (Phi) is 5.28. The van der Waals surface area contributed by atoms with E-state index in [4.69, 9.17) is 9.47 Å². The van der Waals surface area contributed by atoms with Gasteiger partial charge < -0.3 is 9.47 Å². The highest BCUT2D eigenvalue weighted by Gasteiger charge is 2.38. The molecule has 0 fully saturated rings. The minimum Gasteiger partial charge on any atom is -0.494 e. The number of hydrogen-bond acceptors (Lipinski definition) is 4. The number of ketones is 1. The largest absolute Gasteiger partial charge is 0.494 e. The fourth-order valence-electron chi connectivity index (χ4n) is 2.06. The van der Waals surface area contributed by atoms with Crippen LogP contribution >= 0.6 is 0 Å². The van der Waals surface area contributed by atoms with Gasteiger partial charge in [0.2, 0.25) is 5.78 Å². The molecule has 0 aliphatic carbocycles. The van der Waals surface area contributed by atoms with Crippen LogP contribution in [0.25, 0.3) is 0 Å². The summed E-state index contributed by atoms with van der Waals surface area (Å²) in [6, 6.07) is 3.48. The maximum Gasteiger partial charge on any atom is 0.216 e. The number of hydrogen-bond donors (Lipinski definition) is 0. The predicted molar refractivity (Wildman–Crippen MR) is 70.1 cm³/mol. The lowest BCUT2D eigenvalue weighted by Gasteiger charge is -2.29. The van der Waals surface area contributed by atoms with Gasteiger partial charge in [0.15, 0.2) is 5.69 Å². The van der Waals surface area contributed by atoms with E-state index in [9.17, 15) is 4.79 Å². The monoisotopic (exact) mass is 251 g/mol. The van der Waals surface area contributed by atoms with Gasteiger partial charge in [-0.05, 0) is 31.9 Å². The van der Waals surface area contributed by atoms with Crippen molar-refractivity contribution in [2.45, 2.75) is 39.2 Å². The van der Waals surface area contributed by atoms with Crippen molar-refractivity contribution in [1.82, 2.24) is 4.98 Å². The molecule has 1 heterocycles. The Morgan fingerprint density at radius 1 is 1.33 bits per heavy atom. The SMILES string of the molecule is CCOC(CC)(CC)C(=O)c1ncccc1OC. The first-order valence-corrected chi connectivity index (χ1v) is 6.32. The zero-order chi connectivity index (χ0) is 13.6. The van der Waals surface area contributed by atoms with Crippen molar-refractivity contribution in [2.24, 2.45) is 0 Å². The van der Waals surface area contributed by atoms with Crippen LogP contribution in [0.1, 0.15) is 44.1 Å². The molecule has 100 valence electrons. The summed E-state index contributed by atoms with van der Waals surface area (Å²) in [5, 5.41) is 0. The standard InChI is InChI=1S/C14H21NO3/c1-5-14(6-2,18-7-3)13(16)12-11(17-4)9-8-10-15-12/h8-10H,5-7H2,1-4H3. The van der Waals surface area contributed by atoms with Gasteiger partial charge in [0.05, 0.1) is 7.11 Å². The molecule has 0 aliphatic rings. The number of aromatic nitrogens is 1. The topological polar surface area (TPSA) is 48.4 Å². The first kappa shape index (κ1) is 14.6. The molecule has 0 atom stereocenters. The second-order valence-electron chi connectivity index (χ2n) is 4.02. The molecule has 0 spiro atoms. The van der Waals surface area contributed by atoms with E-state index in [-0.39, 0.29) is 5.78 Å². The fraction of sp³-hybridized carbons (Fsp3) is 0.571. The Morgan fingerprint density at radius 2 is 2.00 bits per heavy atom. The predicted octanol–water partition coefficient (Wildman–Crippen LogP) is 2.87. The van der Waals surface area contributed by atoms with Crippen LogP contribution in [0.4, 0.5) is 0 Å². The van der Waals surface area contributed by atoms with Gasteiger partial charge in [0.1, 0.15) is 11.4 Å². The molecule has 1 aromatic heterocycles. The molecule has 0 radical (unpaired) electrons. The smallest absolute Gasteiger partial charge is 0.216 e. The van der Waals surface area contributed by atoms with Gasteiger partial charge in [-0.1, -0.05) is 13.8 Å². The van der Waals surface area contributed by atoms with E-state index in [0.29, 0.717) is 30.9 Å². The van der Waals surface area contributed by atoms with E-state index in [1.54, 1.807) is 18.3 Å². The highest BCUT2D eigenvalue weighted by molar-refractivity contribution is 6.03. The minimum absolute atomic E-state index is 0.105. The molecule has 0 aromatic carbocycles. The summed E-state index contributed by atoms with van der Waals surface area (Å²) in [6.07, 6.45) is 2.84. The highest BCUT2D eigenvalue weighted by atomic mass is 16.5. The van der Waals surface area contributed by atoms with Gasteiger partial charge in [0.25, 0.3) is 0 Å². The average molecular weight is 251 g/mol. The zero-order valence-electron chi connectivity index (χ0n) is 11.5. The molecule has 0 unspecified atom stereocenters. The Balaban J connectivity index is 3.17. The van der Waals surface area contributed by atoms with E-state index in [1.807, 2.05) is 20.8 Å². The number of Topliss-reactive ketones (excluding diaryl/α,β-unsaturated/α-hetero) is 1. The quantitative estimate of drug-likeness (QED) is 0.699. The molecule has 1 aromatic rings. The normalized spacial score (nSPS) is 11.3. The third kappa shape index (κ3) is 2.70. The molecule has 18 heavy (non-hydrogen) atoms. The van der Waals surface area contributed by atoms with Crippen molar-refractivity contribution < 1.29 is 14.3 Å². The molecule has 4 nitrogen and oxygen atoms in total. The molecular formula is C14H21NO3. The van der Waals surface area contributed by atoms with Crippen LogP contribution in [0, 0.1) is 0 Å². The van der Waals surface area contributed by atoms with Crippen LogP contribution in [0.5, 0.6) is 5.75 Å². The van der Waals surface area contributed by atoms with Gasteiger partial charge in [0, 0.05) is 12.8 Å². The number of methoxy groups -OCH3 is 1. The van der Waals surface area contributed by atoms with Crippen molar-refractivity contribution in [1.29, 1.82) is 0 Å². The van der Waals surface area contributed by atoms with Crippen LogP contribution in [0.3, 0.4) is 0 Å². The summed E-state index contributed by atoms with van der Waals surface area (Å²) >= 11 is 0. The molecular weight excluding hydrogens is 230 g/mol. The Hall–Kier alpha value is -1.42. The number of nitrogens with zero attached hydrogens (tertiary/aromatic N) is 1. The maximum atomic E-state index is 12.6. The lowest BCUT2D eigenvalue weighted by atomic mass is 9.89. The van der Waals surface area contributed by atoms with E-state index < -0.39 is 5.60 Å². The molecule has 0 bridgehead atoms. The number of ether oxygens (including phenoxy) is 2. The zero-order valence-corrected chi connectivity index (χ0v) is 11.5. The second kappa shape index (κ2) is 6.50. The van der Waals surface area contributed by atoms with Crippen LogP contribution in [0.2, 0.25) is 0 Å². The van der Waals surface area contributed by atoms with Crippen molar-refractivity contribution >= 4 is 5.78 Å². The summed E-state index contributed by atoms with van der Waals surface area (Å²) in [5.41, 5.74) is -0.451. The van der Waals surface area contributed by atoms with Gasteiger partial charge in [-0.25, -0.2) is 4.98 Å². The third-order valence-corrected chi connectivity index (χ3v) is 3.18. The van der Waals surface area contributed by atoms with E-state index in [2.05, 4.69) is 4.98 Å². The van der Waals surface area contributed by atoms with E-state index >= 15 is 0 Å². The summed E-state index contributed by atoms with van der Waals surface area (Å²) < 4.78 is 10.9. The molecule has 1 rings (SSSR count). The summed E-state index contributed by atoms with van der Waals surface area (Å²) in [7, 11) is 1.54. The van der Waals surface area contributed by atoms with Crippen LogP contribution in [-0.4, -0.2) is 30.1 Å². The van der Waals surface area contributed by atoms with E-state index in [0.717, 1.165) is 0 Å². The number of carbonyl (C=O) groups is 1. The first-order chi connectivity index (χ1) is 8.65. The third-order valence-electron chi connectivity index (χ3n) is 3.18. The first-order valence-electron chi connectivity index (χ1n) is 6.32. The number of carbonyl (C=O) groups excluding carboxylic acids is 1. The lowest BCUT2D eigenvalue weighted by molar-refractivity contribution is -0.0255. The van der Waals surface area contributed by atoms with E-state index in [1.165, 1.54) is 7.11 Å². The summed E-state index contributed by atoms with van der Waals surface area (Å²) in [6.45, 7) is 6.30. The number of rotatable bonds is 7. The molecule has 4 heteroatoms. The highest BCUT2D eigenvalue weighted by Crippen LogP contribution is 2.28. The van der Waals surface area contributed by atoms with Gasteiger partial charge in [-0.3, -0.25) is 4.79 Å². The van der Waals surface area contributed by atoms with Crippen LogP contribution in [0.15, 0.2) is 18.3 Å². The minimum atomic E-state index is -0.795. The van der Waals surface area contributed by atoms with Crippen molar-refractivity contribution in [2.75, 3.05) is 13.7 Å². The van der Waals surface area contributed by atoms with Crippen molar-refractivity contribution in [3.63, 3.8) is 0 Å². The Morgan fingerprint density at radius 3 is 2.50 bits per heavy atom. The van der Waals surface area contributed by atoms with Gasteiger partial charge in [-0.2, -0.15) is 0 Å². The van der Waals surface area contributed by atoms with Crippen LogP contribution < -0.4 is 4.74 Å². The molecule has 0 saturated heterocycles. The fourth-order valence-corrected chi connectivity index (χ4v) is 2.06. The Bertz CT molecular complexity index is 400. The second-order valence-corrected chi connectivity index (χ2v) is 4.02. The van der Waals surface area contributed by atoms with Crippen molar-refractivity contribution in [3.8, 4) is 5.75 Å². The molecule has 0 amide bonds. The molecule has 0 aliphatic heterocycles. The lowest BCUT2D eigenvalue weighted by Crippen LogP contribution is -2.41. The van der Waals surface area contributed by atoms with Crippen molar-refractivity contribution in [3.05, 3.63) is 24.0 Å². The average Bonchev–Trinajstić information content (AvgIpc) is 2.44. The maximum absolute atomic E-state index is 12.6. The Labute approximate surface area is 108 Å². The molecule has 0 saturated carbocycles. The van der Waals surface area contributed by atoms with Gasteiger partial charge in [-0.15, -0.1) is 0 Å². The van der Waals surface area contributed by atoms with Crippen LogP contribution in [-0.2, 0) is 4.74 Å². The summed E-state index contributed by atoms with van der Waals surface area (Å²) in [5.74, 6) is 0.389. The van der Waals surface area contributed by atoms with Gasteiger partial charge >= 0.3 is 0 Å². The summed E-state index contributed by atoms with van der Waals surface area (Å²) in [4.78, 5) is 16.8. The molecule has 0 N–H and O–H groups in total.